The Morgan fingerprint density at radius 1 is 1.15 bits per heavy atom. The quantitative estimate of drug-likeness (QED) is 0.384. The molecule has 1 aliphatic heterocycles. The largest absolute Gasteiger partial charge is 0.491 e. The maximum Gasteiger partial charge on any atom is 0.324 e. The molecule has 0 aromatic heterocycles. The van der Waals surface area contributed by atoms with E-state index in [-0.39, 0.29) is 11.5 Å². The Balaban J connectivity index is 2.21. The molecule has 1 aromatic carbocycles. The smallest absolute Gasteiger partial charge is 0.324 e. The third kappa shape index (κ3) is 4.75. The van der Waals surface area contributed by atoms with E-state index < -0.39 is 46.9 Å². The van der Waals surface area contributed by atoms with Crippen LogP contribution in [0.1, 0.15) is 6.92 Å². The molecule has 1 aliphatic rings. The van der Waals surface area contributed by atoms with Gasteiger partial charge in [-0.3, -0.25) is 4.79 Å². The number of aliphatic hydroxyl groups is 3. The third-order valence-electron chi connectivity index (χ3n) is 4.13. The molecule has 0 saturated carbocycles. The number of β-amino-alcohol motifs (C(OH)–C–C–N with tert-alkyl or cyclic N) is 1. The molecule has 1 aromatic rings. The predicted molar refractivity (Wildman–Crippen MR) is 91.8 cm³/mol. The van der Waals surface area contributed by atoms with Gasteiger partial charge in [0.1, 0.15) is 24.6 Å². The molecular weight excluding hydrogens is 382 g/mol. The summed E-state index contributed by atoms with van der Waals surface area (Å²) in [6.07, 6.45) is -5.35. The van der Waals surface area contributed by atoms with Crippen LogP contribution in [-0.2, 0) is 19.6 Å². The van der Waals surface area contributed by atoms with Crippen molar-refractivity contribution in [1.82, 2.24) is 4.31 Å². The fourth-order valence-corrected chi connectivity index (χ4v) is 4.33. The van der Waals surface area contributed by atoms with E-state index in [1.807, 2.05) is 6.92 Å². The zero-order chi connectivity index (χ0) is 20.2. The minimum Gasteiger partial charge on any atom is -0.491 e. The lowest BCUT2D eigenvalue weighted by Crippen LogP contribution is -2.65. The topological polar surface area (TPSA) is 154 Å². The van der Waals surface area contributed by atoms with Crippen molar-refractivity contribution in [2.24, 2.45) is 0 Å². The maximum atomic E-state index is 12.8. The first-order chi connectivity index (χ1) is 12.7. The van der Waals surface area contributed by atoms with Gasteiger partial charge >= 0.3 is 5.97 Å². The minimum absolute atomic E-state index is 0.235. The minimum atomic E-state index is -4.35. The van der Waals surface area contributed by atoms with E-state index in [2.05, 4.69) is 0 Å². The Labute approximate surface area is 156 Å². The molecule has 152 valence electrons. The van der Waals surface area contributed by atoms with Crippen LogP contribution < -0.4 is 4.74 Å². The lowest BCUT2D eigenvalue weighted by Gasteiger charge is -2.40. The van der Waals surface area contributed by atoms with Crippen LogP contribution in [0.25, 0.3) is 0 Å². The lowest BCUT2D eigenvalue weighted by molar-refractivity contribution is -0.161. The van der Waals surface area contributed by atoms with Crippen molar-refractivity contribution in [3.8, 4) is 5.75 Å². The number of ether oxygens (including phenoxy) is 2. The Kier molecular flexibility index (Phi) is 7.14. The summed E-state index contributed by atoms with van der Waals surface area (Å²) in [5.74, 6) is -1.23. The molecule has 1 fully saturated rings. The highest BCUT2D eigenvalue weighted by atomic mass is 32.2. The van der Waals surface area contributed by atoms with Gasteiger partial charge in [0.15, 0.2) is 6.04 Å². The fourth-order valence-electron chi connectivity index (χ4n) is 2.71. The van der Waals surface area contributed by atoms with E-state index in [0.717, 1.165) is 0 Å². The molecule has 4 N–H and O–H groups in total. The van der Waals surface area contributed by atoms with Gasteiger partial charge in [-0.25, -0.2) is 8.42 Å². The summed E-state index contributed by atoms with van der Waals surface area (Å²) in [7, 11) is -4.35. The predicted octanol–water partition coefficient (Wildman–Crippen LogP) is -1.36. The van der Waals surface area contributed by atoms with E-state index >= 15 is 0 Å². The number of aliphatic carboxylic acids is 1. The molecule has 1 heterocycles. The Morgan fingerprint density at radius 3 is 2.33 bits per heavy atom. The summed E-state index contributed by atoms with van der Waals surface area (Å²) in [6, 6.07) is 3.35. The van der Waals surface area contributed by atoms with E-state index in [4.69, 9.17) is 9.47 Å². The van der Waals surface area contributed by atoms with Crippen molar-refractivity contribution < 1.29 is 43.1 Å². The number of aliphatic hydroxyl groups excluding tert-OH is 3. The molecule has 0 amide bonds. The summed E-state index contributed by atoms with van der Waals surface area (Å²) >= 11 is 0. The number of nitrogens with zero attached hydrogens (tertiary/aromatic N) is 1. The number of carbonyl (C=O) groups is 1. The number of rotatable bonds is 8. The zero-order valence-corrected chi connectivity index (χ0v) is 15.4. The number of hydrogen-bond acceptors (Lipinski definition) is 8. The normalized spacial score (nSPS) is 26.7. The first-order valence-electron chi connectivity index (χ1n) is 8.29. The second-order valence-corrected chi connectivity index (χ2v) is 7.81. The zero-order valence-electron chi connectivity index (χ0n) is 14.6. The average molecular weight is 405 g/mol. The highest BCUT2D eigenvalue weighted by Gasteiger charge is 2.50. The van der Waals surface area contributed by atoms with Crippen LogP contribution in [0.4, 0.5) is 0 Å². The molecule has 4 atom stereocenters. The Morgan fingerprint density at radius 2 is 1.78 bits per heavy atom. The monoisotopic (exact) mass is 405 g/mol. The molecule has 0 aliphatic carbocycles. The molecule has 0 bridgehead atoms. The van der Waals surface area contributed by atoms with Gasteiger partial charge in [-0.1, -0.05) is 0 Å². The molecule has 0 unspecified atom stereocenters. The summed E-state index contributed by atoms with van der Waals surface area (Å²) in [5, 5.41) is 38.6. The van der Waals surface area contributed by atoms with Gasteiger partial charge in [0, 0.05) is 13.2 Å². The Hall–Kier alpha value is -1.76. The number of benzene rings is 1. The number of sulfonamides is 1. The van der Waals surface area contributed by atoms with Crippen molar-refractivity contribution in [2.45, 2.75) is 36.2 Å². The summed E-state index contributed by atoms with van der Waals surface area (Å²) < 4.78 is 36.6. The van der Waals surface area contributed by atoms with Crippen molar-refractivity contribution >= 4 is 16.0 Å². The molecule has 2 rings (SSSR count). The number of hydrogen-bond donors (Lipinski definition) is 4. The van der Waals surface area contributed by atoms with Crippen molar-refractivity contribution in [2.75, 3.05) is 26.4 Å². The van der Waals surface area contributed by atoms with Gasteiger partial charge in [-0.05, 0) is 31.2 Å². The van der Waals surface area contributed by atoms with Gasteiger partial charge in [-0.15, -0.1) is 0 Å². The molecule has 0 spiro atoms. The van der Waals surface area contributed by atoms with Crippen LogP contribution in [0.2, 0.25) is 0 Å². The first-order valence-corrected chi connectivity index (χ1v) is 9.73. The van der Waals surface area contributed by atoms with Crippen LogP contribution in [0.5, 0.6) is 5.75 Å². The molecule has 27 heavy (non-hydrogen) atoms. The van der Waals surface area contributed by atoms with E-state index in [1.165, 1.54) is 24.3 Å². The van der Waals surface area contributed by atoms with Crippen LogP contribution in [0.3, 0.4) is 0 Å². The van der Waals surface area contributed by atoms with E-state index in [1.54, 1.807) is 0 Å². The second kappa shape index (κ2) is 8.95. The van der Waals surface area contributed by atoms with Crippen molar-refractivity contribution in [3.63, 3.8) is 0 Å². The standard InChI is InChI=1S/C16H23NO9S/c1-2-25-7-8-26-10-3-5-11(6-4-10)27(23,24)17-9-12(18)14(19)15(20)13(17)16(21)22/h3-6,12-15,18-20H,2,7-9H2,1H3,(H,21,22)/t12-,13+,14+,15+/m0/s1. The first kappa shape index (κ1) is 21.5. The lowest BCUT2D eigenvalue weighted by atomic mass is 9.96. The van der Waals surface area contributed by atoms with Gasteiger partial charge in [0.2, 0.25) is 10.0 Å². The molecule has 0 radical (unpaired) electrons. The number of piperidine rings is 1. The SMILES string of the molecule is CCOCCOc1ccc(S(=O)(=O)N2C[C@H](O)[C@@H](O)[C@H](O)[C@@H]2C(=O)O)cc1. The van der Waals surface area contributed by atoms with Crippen molar-refractivity contribution in [3.05, 3.63) is 24.3 Å². The second-order valence-electron chi connectivity index (χ2n) is 5.92. The van der Waals surface area contributed by atoms with Crippen LogP contribution in [-0.4, -0.2) is 89.8 Å². The summed E-state index contributed by atoms with van der Waals surface area (Å²) in [4.78, 5) is 11.2. The van der Waals surface area contributed by atoms with Gasteiger partial charge in [-0.2, -0.15) is 4.31 Å². The molecule has 1 saturated heterocycles. The van der Waals surface area contributed by atoms with E-state index in [9.17, 15) is 33.6 Å². The van der Waals surface area contributed by atoms with Crippen LogP contribution >= 0.6 is 0 Å². The summed E-state index contributed by atoms with van der Waals surface area (Å²) in [5.41, 5.74) is 0. The molecule has 11 heteroatoms. The van der Waals surface area contributed by atoms with E-state index in [0.29, 0.717) is 23.3 Å². The molecular formula is C16H23NO9S. The van der Waals surface area contributed by atoms with Gasteiger partial charge in [0.05, 0.1) is 17.6 Å². The maximum absolute atomic E-state index is 12.8. The van der Waals surface area contributed by atoms with Gasteiger partial charge < -0.3 is 29.9 Å². The number of carboxylic acids is 1. The molecule has 10 nitrogen and oxygen atoms in total. The van der Waals surface area contributed by atoms with Gasteiger partial charge in [0.25, 0.3) is 0 Å². The van der Waals surface area contributed by atoms with Crippen LogP contribution in [0.15, 0.2) is 29.2 Å². The van der Waals surface area contributed by atoms with Crippen molar-refractivity contribution in [1.29, 1.82) is 0 Å². The Bertz CT molecular complexity index is 737. The third-order valence-corrected chi connectivity index (χ3v) is 5.99. The summed E-state index contributed by atoms with van der Waals surface area (Å²) in [6.45, 7) is 2.39. The highest BCUT2D eigenvalue weighted by Crippen LogP contribution is 2.27. The average Bonchev–Trinajstić information content (AvgIpc) is 2.63. The van der Waals surface area contributed by atoms with Crippen LogP contribution in [0, 0.1) is 0 Å². The fraction of sp³-hybridized carbons (Fsp3) is 0.562. The highest BCUT2D eigenvalue weighted by molar-refractivity contribution is 7.89. The number of carboxylic acid groups (broad SMARTS) is 1.